The molecule has 0 saturated heterocycles. The monoisotopic (exact) mass is 909 g/mol. The minimum Gasteiger partial charge on any atom is -0.309 e. The summed E-state index contributed by atoms with van der Waals surface area (Å²) in [7, 11) is 0. The standard InChI is InChI=1S/C68H47NS/c1-67(2)60-37-13-11-30-54(60)56-34-17-32-51(63(56)67)45-21-15-27-49(42-45)69(62-39-19-36-58-59-41-40-44-20-9-10-29-53(44)65(59)70-66(58)62)50-28-16-22-46(43-50)52-33-18-35-57-55-31-12-14-38-61(55)68(64(52)57,47-23-5-3-6-24-47)48-25-7-4-8-26-48/h3-43H,1-2H3. The molecule has 2 aliphatic carbocycles. The van der Waals surface area contributed by atoms with Crippen LogP contribution in [0.15, 0.2) is 249 Å². The highest BCUT2D eigenvalue weighted by Gasteiger charge is 2.47. The quantitative estimate of drug-likeness (QED) is 0.154. The summed E-state index contributed by atoms with van der Waals surface area (Å²) in [6.07, 6.45) is 0. The SMILES string of the molecule is CC1(C)c2ccccc2-c2cccc(-c3cccc(N(c4cccc(-c5cccc6c5C(c5ccccc5)(c5ccccc5)c5ccccc5-6)c4)c4cccc5c4sc4c6ccccc6ccc54)c3)c21. The maximum Gasteiger partial charge on any atom is 0.0719 e. The fraction of sp³-hybridized carbons (Fsp3) is 0.0588. The van der Waals surface area contributed by atoms with Crippen molar-refractivity contribution in [3.05, 3.63) is 282 Å². The Hall–Kier alpha value is -8.30. The molecule has 70 heavy (non-hydrogen) atoms. The van der Waals surface area contributed by atoms with Crippen molar-refractivity contribution in [2.75, 3.05) is 4.90 Å². The number of benzene rings is 11. The lowest BCUT2D eigenvalue weighted by Crippen LogP contribution is -2.29. The highest BCUT2D eigenvalue weighted by molar-refractivity contribution is 7.27. The van der Waals surface area contributed by atoms with Gasteiger partial charge in [0.25, 0.3) is 0 Å². The molecule has 11 aromatic carbocycles. The van der Waals surface area contributed by atoms with Gasteiger partial charge in [0.15, 0.2) is 0 Å². The number of fused-ring (bicyclic) bond motifs is 11. The van der Waals surface area contributed by atoms with Crippen molar-refractivity contribution in [1.82, 2.24) is 0 Å². The minimum atomic E-state index is -0.538. The first kappa shape index (κ1) is 40.7. The number of rotatable bonds is 7. The van der Waals surface area contributed by atoms with E-state index >= 15 is 0 Å². The highest BCUT2D eigenvalue weighted by Crippen LogP contribution is 2.59. The highest BCUT2D eigenvalue weighted by atomic mass is 32.1. The molecule has 12 aromatic rings. The smallest absolute Gasteiger partial charge is 0.0719 e. The van der Waals surface area contributed by atoms with Crippen LogP contribution in [-0.2, 0) is 10.8 Å². The zero-order chi connectivity index (χ0) is 46.6. The van der Waals surface area contributed by atoms with Crippen LogP contribution in [0.3, 0.4) is 0 Å². The zero-order valence-electron chi connectivity index (χ0n) is 39.0. The summed E-state index contributed by atoms with van der Waals surface area (Å²) in [5, 5.41) is 5.13. The molecule has 1 heterocycles. The van der Waals surface area contributed by atoms with Crippen molar-refractivity contribution < 1.29 is 0 Å². The number of thiophene rings is 1. The fourth-order valence-electron chi connectivity index (χ4n) is 12.6. The summed E-state index contributed by atoms with van der Waals surface area (Å²) in [6.45, 7) is 4.77. The van der Waals surface area contributed by atoms with Gasteiger partial charge in [-0.2, -0.15) is 0 Å². The van der Waals surface area contributed by atoms with Crippen molar-refractivity contribution in [3.63, 3.8) is 0 Å². The molecule has 0 N–H and O–H groups in total. The largest absolute Gasteiger partial charge is 0.309 e. The molecule has 0 bridgehead atoms. The first-order chi connectivity index (χ1) is 34.5. The topological polar surface area (TPSA) is 3.24 Å². The van der Waals surface area contributed by atoms with Gasteiger partial charge in [-0.3, -0.25) is 0 Å². The average molecular weight is 910 g/mol. The normalized spacial score (nSPS) is 13.8. The summed E-state index contributed by atoms with van der Waals surface area (Å²) in [6, 6.07) is 93.0. The van der Waals surface area contributed by atoms with Crippen LogP contribution >= 0.6 is 11.3 Å². The number of nitrogens with zero attached hydrogens (tertiary/aromatic N) is 1. The lowest BCUT2D eigenvalue weighted by Gasteiger charge is -2.35. The minimum absolute atomic E-state index is 0.150. The molecule has 14 rings (SSSR count). The molecular weight excluding hydrogens is 863 g/mol. The summed E-state index contributed by atoms with van der Waals surface area (Å²) < 4.78 is 2.59. The van der Waals surface area contributed by atoms with Crippen molar-refractivity contribution in [1.29, 1.82) is 0 Å². The van der Waals surface area contributed by atoms with E-state index in [0.717, 1.165) is 17.1 Å². The predicted molar refractivity (Wildman–Crippen MR) is 297 cm³/mol. The molecule has 0 unspecified atom stereocenters. The van der Waals surface area contributed by atoms with Crippen LogP contribution < -0.4 is 4.90 Å². The van der Waals surface area contributed by atoms with Crippen LogP contribution in [0.25, 0.3) is 75.5 Å². The lowest BCUT2D eigenvalue weighted by atomic mass is 9.66. The molecule has 0 atom stereocenters. The van der Waals surface area contributed by atoms with Gasteiger partial charge in [0.05, 0.1) is 15.8 Å². The first-order valence-corrected chi connectivity index (χ1v) is 25.2. The van der Waals surface area contributed by atoms with Gasteiger partial charge in [0, 0.05) is 32.3 Å². The second-order valence-electron chi connectivity index (χ2n) is 19.5. The molecule has 330 valence electrons. The molecule has 0 aliphatic heterocycles. The van der Waals surface area contributed by atoms with Gasteiger partial charge < -0.3 is 4.90 Å². The van der Waals surface area contributed by atoms with E-state index in [-0.39, 0.29) is 5.41 Å². The number of anilines is 3. The molecule has 0 radical (unpaired) electrons. The lowest BCUT2D eigenvalue weighted by molar-refractivity contribution is 0.662. The second kappa shape index (κ2) is 15.6. The maximum atomic E-state index is 2.52. The third-order valence-corrected chi connectivity index (χ3v) is 16.8. The third kappa shape index (κ3) is 5.84. The van der Waals surface area contributed by atoms with Crippen LogP contribution in [0.5, 0.6) is 0 Å². The van der Waals surface area contributed by atoms with E-state index in [9.17, 15) is 0 Å². The molecule has 2 heteroatoms. The Bertz CT molecular complexity index is 4010. The van der Waals surface area contributed by atoms with Crippen molar-refractivity contribution in [3.8, 4) is 44.5 Å². The van der Waals surface area contributed by atoms with Crippen LogP contribution in [0.2, 0.25) is 0 Å². The van der Waals surface area contributed by atoms with Crippen LogP contribution in [0, 0.1) is 0 Å². The molecule has 0 saturated carbocycles. The molecule has 1 nitrogen and oxygen atoms in total. The summed E-state index contributed by atoms with van der Waals surface area (Å²) in [5.74, 6) is 0. The fourth-order valence-corrected chi connectivity index (χ4v) is 13.9. The van der Waals surface area contributed by atoms with E-state index in [2.05, 4.69) is 267 Å². The Balaban J connectivity index is 1.01. The van der Waals surface area contributed by atoms with Crippen molar-refractivity contribution in [2.24, 2.45) is 0 Å². The summed E-state index contributed by atoms with van der Waals surface area (Å²) >= 11 is 1.91. The van der Waals surface area contributed by atoms with Gasteiger partial charge in [0.1, 0.15) is 0 Å². The van der Waals surface area contributed by atoms with Crippen molar-refractivity contribution >= 4 is 59.3 Å². The average Bonchev–Trinajstić information content (AvgIpc) is 4.04. The van der Waals surface area contributed by atoms with Crippen LogP contribution in [-0.4, -0.2) is 0 Å². The Kier molecular flexibility index (Phi) is 9.09. The molecular formula is C68H47NS. The van der Waals surface area contributed by atoms with E-state index in [1.165, 1.54) is 109 Å². The van der Waals surface area contributed by atoms with Gasteiger partial charge in [-0.05, 0) is 119 Å². The van der Waals surface area contributed by atoms with E-state index in [1.54, 1.807) is 0 Å². The number of hydrogen-bond acceptors (Lipinski definition) is 2. The molecule has 1 aromatic heterocycles. The molecule has 2 aliphatic rings. The van der Waals surface area contributed by atoms with Gasteiger partial charge in [-0.15, -0.1) is 11.3 Å². The molecule has 0 fully saturated rings. The maximum absolute atomic E-state index is 2.52. The van der Waals surface area contributed by atoms with E-state index in [0.29, 0.717) is 0 Å². The third-order valence-electron chi connectivity index (χ3n) is 15.5. The Labute approximate surface area is 413 Å². The van der Waals surface area contributed by atoms with Gasteiger partial charge in [-0.25, -0.2) is 0 Å². The molecule has 0 spiro atoms. The second-order valence-corrected chi connectivity index (χ2v) is 20.5. The van der Waals surface area contributed by atoms with Gasteiger partial charge >= 0.3 is 0 Å². The Morgan fingerprint density at radius 1 is 0.343 bits per heavy atom. The van der Waals surface area contributed by atoms with E-state index in [1.807, 2.05) is 11.3 Å². The van der Waals surface area contributed by atoms with Crippen LogP contribution in [0.4, 0.5) is 17.1 Å². The Morgan fingerprint density at radius 3 is 1.51 bits per heavy atom. The summed E-state index contributed by atoms with van der Waals surface area (Å²) in [4.78, 5) is 2.52. The molecule has 0 amide bonds. The zero-order valence-corrected chi connectivity index (χ0v) is 39.8. The number of hydrogen-bond donors (Lipinski definition) is 0. The van der Waals surface area contributed by atoms with Gasteiger partial charge in [-0.1, -0.05) is 232 Å². The summed E-state index contributed by atoms with van der Waals surface area (Å²) in [5.41, 5.74) is 20.7. The van der Waals surface area contributed by atoms with Gasteiger partial charge in [0.2, 0.25) is 0 Å². The van der Waals surface area contributed by atoms with E-state index in [4.69, 9.17) is 0 Å². The first-order valence-electron chi connectivity index (χ1n) is 24.4. The van der Waals surface area contributed by atoms with Crippen molar-refractivity contribution in [2.45, 2.75) is 24.7 Å². The Morgan fingerprint density at radius 2 is 0.829 bits per heavy atom. The predicted octanol–water partition coefficient (Wildman–Crippen LogP) is 18.7. The van der Waals surface area contributed by atoms with Crippen LogP contribution in [0.1, 0.15) is 47.2 Å². The van der Waals surface area contributed by atoms with E-state index < -0.39 is 5.41 Å².